The first kappa shape index (κ1) is 16.3. The van der Waals surface area contributed by atoms with Crippen molar-refractivity contribution in [3.63, 3.8) is 0 Å². The fraction of sp³-hybridized carbons (Fsp3) is 0.400. The van der Waals surface area contributed by atoms with Crippen LogP contribution in [0.3, 0.4) is 0 Å². The molecule has 1 rings (SSSR count). The minimum absolute atomic E-state index is 0.0746. The molecule has 0 atom stereocenters. The fourth-order valence-corrected chi connectivity index (χ4v) is 2.22. The number of nitrogens with zero attached hydrogens (tertiary/aromatic N) is 3. The molecule has 0 aliphatic heterocycles. The van der Waals surface area contributed by atoms with Gasteiger partial charge in [0.1, 0.15) is 15.4 Å². The van der Waals surface area contributed by atoms with Gasteiger partial charge in [0, 0.05) is 26.0 Å². The Labute approximate surface area is 120 Å². The molecule has 0 saturated heterocycles. The number of hydrogen-bond acceptors (Lipinski definition) is 6. The number of hydrogen-bond donors (Lipinski definition) is 0. The molecule has 8 nitrogen and oxygen atoms in total. The molecule has 0 N–H and O–H groups in total. The number of aromatic nitrogens is 1. The molecule has 0 bridgehead atoms. The first-order chi connectivity index (χ1) is 9.13. The third-order valence-corrected chi connectivity index (χ3v) is 3.64. The second-order valence-electron chi connectivity index (χ2n) is 4.11. The van der Waals surface area contributed by atoms with Gasteiger partial charge in [0.25, 0.3) is 5.91 Å². The SMILES string of the molecule is CN(CCS(C)(=O)=O)C(=O)c1ccnc(Cl)c1[N+](=O)[O-]. The van der Waals surface area contributed by atoms with Gasteiger partial charge >= 0.3 is 5.69 Å². The number of carbonyl (C=O) groups excluding carboxylic acids is 1. The topological polar surface area (TPSA) is 110 Å². The van der Waals surface area contributed by atoms with E-state index in [0.29, 0.717) is 0 Å². The van der Waals surface area contributed by atoms with Crippen LogP contribution in [0, 0.1) is 10.1 Å². The van der Waals surface area contributed by atoms with Gasteiger partial charge in [0.2, 0.25) is 5.15 Å². The number of nitro groups is 1. The van der Waals surface area contributed by atoms with Crippen molar-refractivity contribution in [2.24, 2.45) is 0 Å². The number of carbonyl (C=O) groups is 1. The highest BCUT2D eigenvalue weighted by Crippen LogP contribution is 2.26. The van der Waals surface area contributed by atoms with Crippen molar-refractivity contribution in [3.05, 3.63) is 33.1 Å². The van der Waals surface area contributed by atoms with Gasteiger partial charge in [-0.15, -0.1) is 0 Å². The van der Waals surface area contributed by atoms with E-state index in [2.05, 4.69) is 4.98 Å². The van der Waals surface area contributed by atoms with Crippen LogP contribution in [0.4, 0.5) is 5.69 Å². The Kier molecular flexibility index (Phi) is 5.01. The largest absolute Gasteiger partial charge is 0.340 e. The molecule has 10 heteroatoms. The van der Waals surface area contributed by atoms with Crippen molar-refractivity contribution in [2.45, 2.75) is 0 Å². The number of halogens is 1. The van der Waals surface area contributed by atoms with E-state index in [1.165, 1.54) is 19.3 Å². The number of amides is 1. The zero-order valence-corrected chi connectivity index (χ0v) is 12.3. The maximum absolute atomic E-state index is 12.1. The highest BCUT2D eigenvalue weighted by atomic mass is 35.5. The van der Waals surface area contributed by atoms with Crippen molar-refractivity contribution < 1.29 is 18.1 Å². The maximum atomic E-state index is 12.1. The number of sulfone groups is 1. The van der Waals surface area contributed by atoms with Crippen LogP contribution in [0.15, 0.2) is 12.3 Å². The summed E-state index contributed by atoms with van der Waals surface area (Å²) in [6.45, 7) is -0.0746. The molecule has 0 aromatic carbocycles. The zero-order valence-electron chi connectivity index (χ0n) is 10.7. The summed E-state index contributed by atoms with van der Waals surface area (Å²) in [5.41, 5.74) is -0.823. The monoisotopic (exact) mass is 321 g/mol. The molecule has 0 aliphatic rings. The van der Waals surface area contributed by atoms with E-state index < -0.39 is 31.5 Å². The van der Waals surface area contributed by atoms with Crippen LogP contribution in [0.2, 0.25) is 5.15 Å². The van der Waals surface area contributed by atoms with E-state index in [0.717, 1.165) is 11.2 Å². The van der Waals surface area contributed by atoms with Crippen LogP contribution < -0.4 is 0 Å². The van der Waals surface area contributed by atoms with Crippen molar-refractivity contribution in [1.29, 1.82) is 0 Å². The Morgan fingerprint density at radius 2 is 2.15 bits per heavy atom. The van der Waals surface area contributed by atoms with Crippen molar-refractivity contribution in [1.82, 2.24) is 9.88 Å². The van der Waals surface area contributed by atoms with Crippen LogP contribution in [0.5, 0.6) is 0 Å². The normalized spacial score (nSPS) is 11.2. The average Bonchev–Trinajstić information content (AvgIpc) is 2.33. The fourth-order valence-electron chi connectivity index (χ4n) is 1.38. The lowest BCUT2D eigenvalue weighted by molar-refractivity contribution is -0.385. The zero-order chi connectivity index (χ0) is 15.5. The molecule has 0 radical (unpaired) electrons. The van der Waals surface area contributed by atoms with Crippen LogP contribution in [-0.4, -0.2) is 54.7 Å². The molecule has 1 amide bonds. The van der Waals surface area contributed by atoms with Crippen molar-refractivity contribution >= 4 is 33.0 Å². The van der Waals surface area contributed by atoms with E-state index >= 15 is 0 Å². The van der Waals surface area contributed by atoms with Gasteiger partial charge in [0.05, 0.1) is 10.7 Å². The molecule has 0 fully saturated rings. The molecule has 0 saturated carbocycles. The summed E-state index contributed by atoms with van der Waals surface area (Å²) >= 11 is 5.60. The van der Waals surface area contributed by atoms with Crippen LogP contribution in [0.25, 0.3) is 0 Å². The van der Waals surface area contributed by atoms with Gasteiger partial charge in [-0.2, -0.15) is 0 Å². The minimum atomic E-state index is -3.24. The molecule has 20 heavy (non-hydrogen) atoms. The second kappa shape index (κ2) is 6.14. The molecule has 0 unspecified atom stereocenters. The smallest absolute Gasteiger partial charge is 0.319 e. The summed E-state index contributed by atoms with van der Waals surface area (Å²) < 4.78 is 22.1. The number of pyridine rings is 1. The Morgan fingerprint density at radius 3 is 2.65 bits per heavy atom. The molecule has 1 heterocycles. The Balaban J connectivity index is 3.04. The molecule has 1 aromatic rings. The van der Waals surface area contributed by atoms with Crippen molar-refractivity contribution in [3.8, 4) is 0 Å². The summed E-state index contributed by atoms with van der Waals surface area (Å²) in [4.78, 5) is 26.8. The molecule has 0 spiro atoms. The van der Waals surface area contributed by atoms with Gasteiger partial charge in [0.15, 0.2) is 0 Å². The van der Waals surface area contributed by atoms with Gasteiger partial charge < -0.3 is 4.90 Å². The third-order valence-electron chi connectivity index (χ3n) is 2.44. The highest BCUT2D eigenvalue weighted by molar-refractivity contribution is 7.90. The Morgan fingerprint density at radius 1 is 1.55 bits per heavy atom. The first-order valence-electron chi connectivity index (χ1n) is 5.35. The van der Waals surface area contributed by atoms with E-state index in [-0.39, 0.29) is 17.9 Å². The summed E-state index contributed by atoms with van der Waals surface area (Å²) in [6.07, 6.45) is 2.21. The summed E-state index contributed by atoms with van der Waals surface area (Å²) in [6, 6.07) is 1.17. The van der Waals surface area contributed by atoms with Crippen LogP contribution in [0.1, 0.15) is 10.4 Å². The third kappa shape index (κ3) is 4.14. The van der Waals surface area contributed by atoms with E-state index in [1.807, 2.05) is 0 Å². The Hall–Kier alpha value is -1.74. The lowest BCUT2D eigenvalue weighted by Gasteiger charge is -2.16. The molecular formula is C10H12ClN3O5S. The minimum Gasteiger partial charge on any atom is -0.340 e. The summed E-state index contributed by atoms with van der Waals surface area (Å²) in [7, 11) is -1.88. The Bertz CT molecular complexity index is 646. The second-order valence-corrected chi connectivity index (χ2v) is 6.73. The van der Waals surface area contributed by atoms with Gasteiger partial charge in [-0.05, 0) is 6.07 Å². The lowest BCUT2D eigenvalue weighted by Crippen LogP contribution is -2.31. The van der Waals surface area contributed by atoms with Gasteiger partial charge in [-0.25, -0.2) is 13.4 Å². The number of rotatable bonds is 5. The van der Waals surface area contributed by atoms with E-state index in [9.17, 15) is 23.3 Å². The molecular weight excluding hydrogens is 310 g/mol. The van der Waals surface area contributed by atoms with Gasteiger partial charge in [-0.1, -0.05) is 11.6 Å². The standard InChI is InChI=1S/C10H12ClN3O5S/c1-13(5-6-20(2,18)19)10(15)7-3-4-12-9(11)8(7)14(16)17/h3-4H,5-6H2,1-2H3. The van der Waals surface area contributed by atoms with E-state index in [1.54, 1.807) is 0 Å². The van der Waals surface area contributed by atoms with E-state index in [4.69, 9.17) is 11.6 Å². The predicted molar refractivity (Wildman–Crippen MR) is 72.6 cm³/mol. The summed E-state index contributed by atoms with van der Waals surface area (Å²) in [5, 5.41) is 10.5. The maximum Gasteiger partial charge on any atom is 0.319 e. The lowest BCUT2D eigenvalue weighted by atomic mass is 10.2. The molecule has 110 valence electrons. The quantitative estimate of drug-likeness (QED) is 0.450. The molecule has 0 aliphatic carbocycles. The van der Waals surface area contributed by atoms with Gasteiger partial charge in [-0.3, -0.25) is 14.9 Å². The molecule has 1 aromatic heterocycles. The first-order valence-corrected chi connectivity index (χ1v) is 7.79. The van der Waals surface area contributed by atoms with Crippen LogP contribution in [-0.2, 0) is 9.84 Å². The van der Waals surface area contributed by atoms with Crippen molar-refractivity contribution in [2.75, 3.05) is 25.6 Å². The predicted octanol–water partition coefficient (Wildman–Crippen LogP) is 0.760. The summed E-state index contributed by atoms with van der Waals surface area (Å²) in [5.74, 6) is -0.924. The van der Waals surface area contributed by atoms with Crippen LogP contribution >= 0.6 is 11.6 Å². The highest BCUT2D eigenvalue weighted by Gasteiger charge is 2.27. The average molecular weight is 322 g/mol.